The van der Waals surface area contributed by atoms with Crippen LogP contribution in [0.4, 0.5) is 32.0 Å². The number of nitrogens with zero attached hydrogens (tertiary/aromatic N) is 2. The van der Waals surface area contributed by atoms with Crippen molar-refractivity contribution < 1.29 is 26.3 Å². The third-order valence-corrected chi connectivity index (χ3v) is 31.8. The highest BCUT2D eigenvalue weighted by Crippen LogP contribution is 2.68. The second-order valence-electron chi connectivity index (χ2n) is 31.8. The van der Waals surface area contributed by atoms with Crippen LogP contribution in [0.2, 0.25) is 24.2 Å². The molecule has 14 aliphatic rings. The Labute approximate surface area is 594 Å². The zero-order chi connectivity index (χ0) is 69.1. The van der Waals surface area contributed by atoms with Gasteiger partial charge in [-0.3, -0.25) is 0 Å². The molecule has 101 heavy (non-hydrogen) atoms. The van der Waals surface area contributed by atoms with E-state index in [2.05, 4.69) is 224 Å². The molecule has 2 fully saturated rings. The van der Waals surface area contributed by atoms with Gasteiger partial charge in [0.25, 0.3) is 0 Å². The summed E-state index contributed by atoms with van der Waals surface area (Å²) in [6.45, 7) is 13.2. The average molecular weight is 1370 g/mol. The Hall–Kier alpha value is -8.40. The molecule has 0 aromatic heterocycles. The molecule has 2 nitrogen and oxygen atoms in total. The molecule has 18 unspecified atom stereocenters. The first kappa shape index (κ1) is 65.9. The molecule has 3 aromatic carbocycles. The van der Waals surface area contributed by atoms with Gasteiger partial charge in [-0.1, -0.05) is 195 Å². The van der Waals surface area contributed by atoms with E-state index in [-0.39, 0.29) is 101 Å². The number of allylic oxidation sites excluding steroid dienone is 36. The molecule has 13 aliphatic carbocycles. The summed E-state index contributed by atoms with van der Waals surface area (Å²) < 4.78 is 94.1. The maximum Gasteiger partial charge on any atom is 0.156 e. The van der Waals surface area contributed by atoms with Gasteiger partial charge in [-0.05, 0) is 246 Å². The molecule has 0 spiro atoms. The highest BCUT2D eigenvalue weighted by Gasteiger charge is 2.64. The summed E-state index contributed by atoms with van der Waals surface area (Å²) in [4.78, 5) is 4.71. The van der Waals surface area contributed by atoms with Crippen molar-refractivity contribution in [3.8, 4) is 0 Å². The van der Waals surface area contributed by atoms with E-state index >= 15 is 26.3 Å². The second kappa shape index (κ2) is 26.1. The molecule has 1 saturated carbocycles. The maximum absolute atomic E-state index is 16.2. The normalized spacial score (nSPS) is 35.8. The molecule has 0 bridgehead atoms. The number of rotatable bonds is 14. The number of anilines is 1. The quantitative estimate of drug-likeness (QED) is 0.0902. The second-order valence-corrected chi connectivity index (χ2v) is 36.8. The van der Waals surface area contributed by atoms with E-state index in [1.165, 1.54) is 51.8 Å². The van der Waals surface area contributed by atoms with Crippen LogP contribution in [0.15, 0.2) is 308 Å². The Kier molecular flexibility index (Phi) is 17.0. The number of halogens is 6. The Balaban J connectivity index is 0.767. The third-order valence-electron chi connectivity index (χ3n) is 26.9. The number of benzene rings is 3. The lowest BCUT2D eigenvalue weighted by atomic mass is 9.54. The highest BCUT2D eigenvalue weighted by atomic mass is 28.3. The Morgan fingerprint density at radius 1 is 0.545 bits per heavy atom. The van der Waals surface area contributed by atoms with Crippen LogP contribution in [0.3, 0.4) is 0 Å². The fourth-order valence-corrected chi connectivity index (χ4v) is 26.9. The van der Waals surface area contributed by atoms with Crippen LogP contribution in [0.5, 0.6) is 0 Å². The molecule has 17 rings (SSSR count). The summed E-state index contributed by atoms with van der Waals surface area (Å²) in [5.41, 5.74) is 12.7. The molecule has 3 aromatic rings. The van der Waals surface area contributed by atoms with Crippen molar-refractivity contribution in [2.45, 2.75) is 130 Å². The largest absolute Gasteiger partial charge is 0.362 e. The smallest absolute Gasteiger partial charge is 0.156 e. The van der Waals surface area contributed by atoms with Crippen LogP contribution in [0, 0.1) is 65.1 Å². The van der Waals surface area contributed by atoms with Crippen molar-refractivity contribution in [1.82, 2.24) is 4.90 Å². The SMILES string of the molecule is C=CC1C=CC(c2ccc(C3(C4C=CC(F)=CC4)c4cc(N(C5=CC6C7C=C(N(C8C=C(F)C(F)=CC8)C8C=CC9C%10C=CCCC%10C(c%10ccc(C%11=CCC(C=C)C=C%11)cc%10)(C%10C=CC(F)=CC%10)C9C8)CCC7[Si](C)(C)C6C=C5)C5=CC(F)=C(F)CC5)ccc4C4C=CC=CC43)cc2)=CC1. The minimum Gasteiger partial charge on any atom is -0.362 e. The van der Waals surface area contributed by atoms with E-state index in [1.54, 1.807) is 24.3 Å². The van der Waals surface area contributed by atoms with Crippen LogP contribution in [0.25, 0.3) is 11.1 Å². The Bertz CT molecular complexity index is 4540. The van der Waals surface area contributed by atoms with Gasteiger partial charge < -0.3 is 9.80 Å². The predicted octanol–water partition coefficient (Wildman–Crippen LogP) is 24.3. The van der Waals surface area contributed by atoms with E-state index in [4.69, 9.17) is 0 Å². The van der Waals surface area contributed by atoms with Crippen molar-refractivity contribution >= 4 is 24.9 Å². The van der Waals surface area contributed by atoms with Crippen molar-refractivity contribution in [2.75, 3.05) is 4.90 Å². The van der Waals surface area contributed by atoms with Gasteiger partial charge in [0.15, 0.2) is 17.5 Å². The predicted molar refractivity (Wildman–Crippen MR) is 404 cm³/mol. The molecule has 1 aliphatic heterocycles. The summed E-state index contributed by atoms with van der Waals surface area (Å²) >= 11 is 0. The third kappa shape index (κ3) is 10.9. The summed E-state index contributed by atoms with van der Waals surface area (Å²) in [5, 5.41) is 0. The van der Waals surface area contributed by atoms with Crippen LogP contribution in [-0.4, -0.2) is 25.1 Å². The van der Waals surface area contributed by atoms with Gasteiger partial charge in [0.2, 0.25) is 0 Å². The van der Waals surface area contributed by atoms with E-state index < -0.39 is 42.8 Å². The summed E-state index contributed by atoms with van der Waals surface area (Å²) in [5.74, 6) is -2.05. The first-order chi connectivity index (χ1) is 49.1. The van der Waals surface area contributed by atoms with Gasteiger partial charge in [0.1, 0.15) is 17.5 Å². The van der Waals surface area contributed by atoms with Gasteiger partial charge in [-0.2, -0.15) is 0 Å². The first-order valence-corrected chi connectivity index (χ1v) is 40.6. The monoisotopic (exact) mass is 1360 g/mol. The molecule has 1 saturated heterocycles. The average Bonchev–Trinajstić information content (AvgIpc) is 1.56. The van der Waals surface area contributed by atoms with Crippen LogP contribution in [-0.2, 0) is 10.8 Å². The Morgan fingerprint density at radius 3 is 1.90 bits per heavy atom. The molecule has 514 valence electrons. The standard InChI is InChI=1S/C92H90F6N2Si/c1-5-57-15-19-59(20-16-57)61-23-27-63(28-24-61)91(65-31-35-67(93)36-32-65)81-13-9-7-11-75(81)77-45-39-71(53-83(77)91)99(73-41-47-85(95)87(97)55-73)69-43-49-89-79(51-69)80-52-70(44-50-90(80)101(89,3)4)100(74-42-48-86(96)88(98)56-74)72-40-46-78-76-12-8-10-14-82(76)92(84(78)54-72,66-33-37-68(94)38-34-66)64-29-25-62(26-30-64)60-21-17-58(6-2)18-22-60/h5-9,11-13,15,17,19-31,33,35-40,43,45-46,48-49,51-53,55-58,65-66,72,74-76,78-82,84,89-90H,1-2,10,14,16,18,32,34,41-42,44,47,50,54H2,3-4H3. The molecule has 0 N–H and O–H groups in total. The van der Waals surface area contributed by atoms with Gasteiger partial charge in [0.05, 0.1) is 14.1 Å². The Morgan fingerprint density at radius 2 is 1.24 bits per heavy atom. The number of hydrogen-bond donors (Lipinski definition) is 0. The molecular formula is C92H90F6N2Si. The minimum atomic E-state index is -2.11. The topological polar surface area (TPSA) is 6.48 Å². The molecule has 9 heteroatoms. The van der Waals surface area contributed by atoms with Crippen molar-refractivity contribution in [1.29, 1.82) is 0 Å². The van der Waals surface area contributed by atoms with Gasteiger partial charge in [-0.15, -0.1) is 13.2 Å². The molecule has 1 heterocycles. The van der Waals surface area contributed by atoms with Crippen LogP contribution >= 0.6 is 0 Å². The maximum atomic E-state index is 16.2. The summed E-state index contributed by atoms with van der Waals surface area (Å²) in [6, 6.07) is 24.6. The number of fused-ring (bicyclic) bond motifs is 9. The first-order valence-electron chi connectivity index (χ1n) is 37.5. The van der Waals surface area contributed by atoms with Crippen molar-refractivity contribution in [3.63, 3.8) is 0 Å². The lowest BCUT2D eigenvalue weighted by Crippen LogP contribution is -2.50. The van der Waals surface area contributed by atoms with E-state index in [0.29, 0.717) is 42.3 Å². The fourth-order valence-electron chi connectivity index (χ4n) is 22.3. The highest BCUT2D eigenvalue weighted by molar-refractivity contribution is 6.81. The fraction of sp³-hybridized carbons (Fsp3) is 0.348. The van der Waals surface area contributed by atoms with E-state index in [0.717, 1.165) is 73.0 Å². The summed E-state index contributed by atoms with van der Waals surface area (Å²) in [7, 11) is -2.11. The van der Waals surface area contributed by atoms with Crippen molar-refractivity contribution in [2.24, 2.45) is 65.1 Å². The molecular weight excluding hydrogens is 1280 g/mol. The lowest BCUT2D eigenvalue weighted by molar-refractivity contribution is 0.109. The summed E-state index contributed by atoms with van der Waals surface area (Å²) in [6.07, 6.45) is 69.4. The lowest BCUT2D eigenvalue weighted by Gasteiger charge is -2.51. The van der Waals surface area contributed by atoms with Crippen LogP contribution < -0.4 is 4.90 Å². The zero-order valence-corrected chi connectivity index (χ0v) is 58.9. The zero-order valence-electron chi connectivity index (χ0n) is 57.9. The van der Waals surface area contributed by atoms with Crippen molar-refractivity contribution in [3.05, 3.63) is 342 Å². The van der Waals surface area contributed by atoms with Crippen LogP contribution in [0.1, 0.15) is 116 Å². The molecule has 18 atom stereocenters. The van der Waals surface area contributed by atoms with Gasteiger partial charge >= 0.3 is 0 Å². The molecule has 0 amide bonds. The number of hydrogen-bond acceptors (Lipinski definition) is 2. The molecule has 0 radical (unpaired) electrons. The van der Waals surface area contributed by atoms with Gasteiger partial charge in [-0.25, -0.2) is 26.3 Å². The van der Waals surface area contributed by atoms with E-state index in [9.17, 15) is 0 Å². The van der Waals surface area contributed by atoms with Gasteiger partial charge in [0, 0.05) is 57.9 Å². The van der Waals surface area contributed by atoms with E-state index in [1.807, 2.05) is 12.2 Å². The minimum absolute atomic E-state index is 0.0115.